The second-order valence-electron chi connectivity index (χ2n) is 7.34. The van der Waals surface area contributed by atoms with Gasteiger partial charge >= 0.3 is 0 Å². The lowest BCUT2D eigenvalue weighted by molar-refractivity contribution is -0.140. The SMILES string of the molecule is O=C(NCc1cccs1)C1(CC2CC(c3ccc(F)cc3)=NO2)CCOCC1. The van der Waals surface area contributed by atoms with Gasteiger partial charge in [-0.3, -0.25) is 4.79 Å². The number of hydrogen-bond donors (Lipinski definition) is 1. The number of benzene rings is 1. The average Bonchev–Trinajstić information content (AvgIpc) is 3.39. The average molecular weight is 402 g/mol. The highest BCUT2D eigenvalue weighted by molar-refractivity contribution is 7.09. The van der Waals surface area contributed by atoms with Gasteiger partial charge in [0.05, 0.1) is 17.7 Å². The molecule has 0 radical (unpaired) electrons. The number of oxime groups is 1. The van der Waals surface area contributed by atoms with Gasteiger partial charge in [-0.05, 0) is 42.0 Å². The molecule has 3 heterocycles. The van der Waals surface area contributed by atoms with Crippen LogP contribution in [0.4, 0.5) is 4.39 Å². The van der Waals surface area contributed by atoms with Crippen LogP contribution in [-0.4, -0.2) is 30.9 Å². The minimum absolute atomic E-state index is 0.0584. The summed E-state index contributed by atoms with van der Waals surface area (Å²) in [5.74, 6) is -0.216. The second-order valence-corrected chi connectivity index (χ2v) is 8.37. The van der Waals surface area contributed by atoms with Crippen LogP contribution in [0.15, 0.2) is 46.9 Å². The number of rotatable bonds is 6. The van der Waals surface area contributed by atoms with Crippen LogP contribution in [0.3, 0.4) is 0 Å². The molecule has 0 aliphatic carbocycles. The van der Waals surface area contributed by atoms with Crippen molar-refractivity contribution in [3.63, 3.8) is 0 Å². The lowest BCUT2D eigenvalue weighted by atomic mass is 9.74. The highest BCUT2D eigenvalue weighted by Crippen LogP contribution is 2.38. The normalized spacial score (nSPS) is 21.0. The van der Waals surface area contributed by atoms with Gasteiger partial charge in [0.25, 0.3) is 0 Å². The first-order chi connectivity index (χ1) is 13.6. The third kappa shape index (κ3) is 4.25. The number of carbonyl (C=O) groups excluding carboxylic acids is 1. The molecule has 1 saturated heterocycles. The molecule has 2 aliphatic rings. The van der Waals surface area contributed by atoms with Crippen LogP contribution in [0.25, 0.3) is 0 Å². The number of carbonyl (C=O) groups is 1. The summed E-state index contributed by atoms with van der Waals surface area (Å²) in [5, 5.41) is 9.30. The van der Waals surface area contributed by atoms with Crippen molar-refractivity contribution < 1.29 is 18.8 Å². The van der Waals surface area contributed by atoms with Crippen molar-refractivity contribution in [1.29, 1.82) is 0 Å². The summed E-state index contributed by atoms with van der Waals surface area (Å²) >= 11 is 1.63. The van der Waals surface area contributed by atoms with Gasteiger partial charge in [0.1, 0.15) is 11.9 Å². The molecular formula is C21H23FN2O3S. The minimum Gasteiger partial charge on any atom is -0.392 e. The topological polar surface area (TPSA) is 59.9 Å². The number of amides is 1. The molecule has 28 heavy (non-hydrogen) atoms. The van der Waals surface area contributed by atoms with E-state index < -0.39 is 5.41 Å². The van der Waals surface area contributed by atoms with Crippen LogP contribution >= 0.6 is 11.3 Å². The fraction of sp³-hybridized carbons (Fsp3) is 0.429. The molecule has 1 unspecified atom stereocenters. The minimum atomic E-state index is -0.506. The van der Waals surface area contributed by atoms with Crippen LogP contribution in [0.2, 0.25) is 0 Å². The van der Waals surface area contributed by atoms with Gasteiger partial charge in [-0.1, -0.05) is 23.4 Å². The summed E-state index contributed by atoms with van der Waals surface area (Å²) in [5.41, 5.74) is 1.15. The Balaban J connectivity index is 1.40. The number of halogens is 1. The van der Waals surface area contributed by atoms with Gasteiger partial charge in [0, 0.05) is 30.9 Å². The summed E-state index contributed by atoms with van der Waals surface area (Å²) in [6.45, 7) is 1.69. The van der Waals surface area contributed by atoms with Crippen molar-refractivity contribution in [3.8, 4) is 0 Å². The van der Waals surface area contributed by atoms with E-state index in [4.69, 9.17) is 9.57 Å². The molecule has 0 spiro atoms. The van der Waals surface area contributed by atoms with Crippen LogP contribution in [0.5, 0.6) is 0 Å². The third-order valence-corrected chi connectivity index (χ3v) is 6.34. The van der Waals surface area contributed by atoms with Crippen LogP contribution in [0, 0.1) is 11.2 Å². The van der Waals surface area contributed by atoms with Crippen molar-refractivity contribution >= 4 is 23.0 Å². The van der Waals surface area contributed by atoms with Gasteiger partial charge in [0.2, 0.25) is 5.91 Å². The Hall–Kier alpha value is -2.25. The van der Waals surface area contributed by atoms with E-state index in [1.165, 1.54) is 12.1 Å². The number of thiophene rings is 1. The maximum Gasteiger partial charge on any atom is 0.226 e. The predicted octanol–water partition coefficient (Wildman–Crippen LogP) is 3.88. The zero-order chi connectivity index (χ0) is 19.4. The summed E-state index contributed by atoms with van der Waals surface area (Å²) in [6.07, 6.45) is 2.41. The maximum atomic E-state index is 13.1. The largest absolute Gasteiger partial charge is 0.392 e. The molecule has 1 amide bonds. The molecule has 2 aromatic rings. The molecule has 1 fully saturated rings. The standard InChI is InChI=1S/C21H23FN2O3S/c22-16-5-3-15(4-6-16)19-12-17(27-24-19)13-21(7-9-26-10-8-21)20(25)23-14-18-2-1-11-28-18/h1-6,11,17H,7-10,12-14H2,(H,23,25). The molecule has 5 nitrogen and oxygen atoms in total. The summed E-state index contributed by atoms with van der Waals surface area (Å²) < 4.78 is 18.7. The van der Waals surface area contributed by atoms with E-state index in [0.29, 0.717) is 45.4 Å². The van der Waals surface area contributed by atoms with E-state index >= 15 is 0 Å². The zero-order valence-corrected chi connectivity index (χ0v) is 16.3. The van der Waals surface area contributed by atoms with Gasteiger partial charge in [0.15, 0.2) is 0 Å². The Morgan fingerprint density at radius 1 is 1.25 bits per heavy atom. The smallest absolute Gasteiger partial charge is 0.226 e. The van der Waals surface area contributed by atoms with Crippen LogP contribution < -0.4 is 5.32 Å². The molecule has 1 aromatic heterocycles. The van der Waals surface area contributed by atoms with E-state index in [-0.39, 0.29) is 17.8 Å². The van der Waals surface area contributed by atoms with Crippen molar-refractivity contribution in [2.24, 2.45) is 10.6 Å². The van der Waals surface area contributed by atoms with Gasteiger partial charge in [-0.2, -0.15) is 0 Å². The number of nitrogens with zero attached hydrogens (tertiary/aromatic N) is 1. The first-order valence-electron chi connectivity index (χ1n) is 9.52. The Kier molecular flexibility index (Phi) is 5.73. The highest BCUT2D eigenvalue weighted by atomic mass is 32.1. The quantitative estimate of drug-likeness (QED) is 0.798. The Morgan fingerprint density at radius 3 is 2.75 bits per heavy atom. The first-order valence-corrected chi connectivity index (χ1v) is 10.4. The highest BCUT2D eigenvalue weighted by Gasteiger charge is 2.43. The Bertz CT molecular complexity index is 830. The molecular weight excluding hydrogens is 379 g/mol. The number of hydrogen-bond acceptors (Lipinski definition) is 5. The molecule has 148 valence electrons. The number of ether oxygens (including phenoxy) is 1. The van der Waals surface area contributed by atoms with E-state index in [1.807, 2.05) is 17.5 Å². The summed E-state index contributed by atoms with van der Waals surface area (Å²) in [4.78, 5) is 19.9. The monoisotopic (exact) mass is 402 g/mol. The molecule has 1 atom stereocenters. The molecule has 1 aromatic carbocycles. The molecule has 4 rings (SSSR count). The number of nitrogens with one attached hydrogen (secondary N) is 1. The van der Waals surface area contributed by atoms with E-state index in [9.17, 15) is 9.18 Å². The van der Waals surface area contributed by atoms with Crippen molar-refractivity contribution in [2.75, 3.05) is 13.2 Å². The lowest BCUT2D eigenvalue weighted by Crippen LogP contribution is -2.46. The lowest BCUT2D eigenvalue weighted by Gasteiger charge is -2.36. The van der Waals surface area contributed by atoms with Gasteiger partial charge in [-0.25, -0.2) is 4.39 Å². The summed E-state index contributed by atoms with van der Waals surface area (Å²) in [6, 6.07) is 10.3. The summed E-state index contributed by atoms with van der Waals surface area (Å²) in [7, 11) is 0. The van der Waals surface area contributed by atoms with Crippen molar-refractivity contribution in [2.45, 2.75) is 38.3 Å². The third-order valence-electron chi connectivity index (χ3n) is 5.46. The van der Waals surface area contributed by atoms with Crippen LogP contribution in [0.1, 0.15) is 36.1 Å². The molecule has 1 N–H and O–H groups in total. The van der Waals surface area contributed by atoms with Crippen molar-refractivity contribution in [3.05, 3.63) is 58.0 Å². The second kappa shape index (κ2) is 8.41. The predicted molar refractivity (Wildman–Crippen MR) is 106 cm³/mol. The maximum absolute atomic E-state index is 13.1. The van der Waals surface area contributed by atoms with Gasteiger partial charge < -0.3 is 14.9 Å². The molecule has 0 saturated carbocycles. The molecule has 7 heteroatoms. The Labute approximate surface area is 167 Å². The first kappa shape index (κ1) is 19.1. The van der Waals surface area contributed by atoms with Gasteiger partial charge in [-0.15, -0.1) is 11.3 Å². The Morgan fingerprint density at radius 2 is 2.04 bits per heavy atom. The molecule has 0 bridgehead atoms. The van der Waals surface area contributed by atoms with Crippen molar-refractivity contribution in [1.82, 2.24) is 5.32 Å². The fourth-order valence-corrected chi connectivity index (χ4v) is 4.49. The van der Waals surface area contributed by atoms with Crippen LogP contribution in [-0.2, 0) is 20.9 Å². The van der Waals surface area contributed by atoms with E-state index in [2.05, 4.69) is 10.5 Å². The molecule has 2 aliphatic heterocycles. The van der Waals surface area contributed by atoms with E-state index in [1.54, 1.807) is 23.5 Å². The fourth-order valence-electron chi connectivity index (χ4n) is 3.84. The zero-order valence-electron chi connectivity index (χ0n) is 15.5. The van der Waals surface area contributed by atoms with E-state index in [0.717, 1.165) is 16.2 Å².